The van der Waals surface area contributed by atoms with Crippen molar-refractivity contribution in [2.75, 3.05) is 18.1 Å². The number of aromatic nitrogens is 3. The average molecular weight is 559 g/mol. The number of β-lactam (4-membered cyclic amide) rings is 1. The number of thioether (sulfide) groups is 1. The molecule has 0 aliphatic carbocycles. The third-order valence-corrected chi connectivity index (χ3v) is 7.29. The van der Waals surface area contributed by atoms with E-state index in [1.807, 2.05) is 0 Å². The van der Waals surface area contributed by atoms with Crippen molar-refractivity contribution in [3.8, 4) is 0 Å². The first-order chi connectivity index (χ1) is 18.2. The van der Waals surface area contributed by atoms with Gasteiger partial charge in [0.2, 0.25) is 17.4 Å². The van der Waals surface area contributed by atoms with Crippen LogP contribution in [0.3, 0.4) is 0 Å². The number of carbonyl (C=O) groups excluding carboxylic acids is 4. The summed E-state index contributed by atoms with van der Waals surface area (Å²) >= 11 is 2.16. The van der Waals surface area contributed by atoms with Gasteiger partial charge in [0.05, 0.1) is 17.2 Å². The molecule has 1 saturated heterocycles. The fraction of sp³-hybridized carbons (Fsp3) is 0.273. The van der Waals surface area contributed by atoms with Crippen LogP contribution in [0.25, 0.3) is 0 Å². The molecule has 1 fully saturated rings. The van der Waals surface area contributed by atoms with Crippen molar-refractivity contribution in [2.24, 2.45) is 10.9 Å². The topological polar surface area (TPSA) is 210 Å². The molecule has 198 valence electrons. The maximum atomic E-state index is 12.9. The second kappa shape index (κ2) is 11.4. The highest BCUT2D eigenvalue weighted by Crippen LogP contribution is 2.40. The number of nitrogen functional groups attached to an aromatic ring is 1. The Kier molecular flexibility index (Phi) is 8.02. The molecule has 2 atom stereocenters. The lowest BCUT2D eigenvalue weighted by atomic mass is 10.0. The lowest BCUT2D eigenvalue weighted by molar-refractivity contribution is -0.687. The summed E-state index contributed by atoms with van der Waals surface area (Å²) in [6.45, 7) is 2.23. The third-order valence-electron chi connectivity index (χ3n) is 5.44. The molecule has 5 N–H and O–H groups in total. The van der Waals surface area contributed by atoms with Gasteiger partial charge in [0.15, 0.2) is 24.1 Å². The Hall–Kier alpha value is -4.31. The Bertz CT molecular complexity index is 1370. The second-order valence-corrected chi connectivity index (χ2v) is 9.77. The first-order valence-electron chi connectivity index (χ1n) is 11.2. The number of fused-ring (bicyclic) bond motifs is 1. The Morgan fingerprint density at radius 1 is 1.37 bits per heavy atom. The Balaban J connectivity index is 1.47. The molecule has 0 aromatic carbocycles. The number of primary amides is 1. The standard InChI is InChI=1S/C22H22N8O6S2/c1-2-36-27-13(17-26-22(24)38-28-17)18(32)25-14-19(33)30-15(21(34)35)12(10-37-20(14)30)4-3-7-29-8-5-11(6-9-29)16(23)31/h3-6,8-9,14,20H,2,7,10H2,1H3,(H5-,23,24,25,26,28,31,32,34,35)/t14?,20-/m0/s1. The molecule has 2 aliphatic rings. The average Bonchev–Trinajstić information content (AvgIpc) is 3.32. The summed E-state index contributed by atoms with van der Waals surface area (Å²) in [4.78, 5) is 59.0. The van der Waals surface area contributed by atoms with Crippen molar-refractivity contribution in [3.63, 3.8) is 0 Å². The number of nitrogens with one attached hydrogen (secondary N) is 1. The molecular formula is C22H22N8O6S2. The fourth-order valence-corrected chi connectivity index (χ4v) is 5.43. The number of nitrogens with two attached hydrogens (primary N) is 2. The van der Waals surface area contributed by atoms with E-state index in [0.717, 1.165) is 16.4 Å². The summed E-state index contributed by atoms with van der Waals surface area (Å²) in [7, 11) is 0. The molecule has 16 heteroatoms. The van der Waals surface area contributed by atoms with Crippen LogP contribution in [0.1, 0.15) is 23.1 Å². The van der Waals surface area contributed by atoms with Crippen LogP contribution in [0, 0.1) is 0 Å². The van der Waals surface area contributed by atoms with E-state index in [9.17, 15) is 24.3 Å². The number of anilines is 1. The number of carboxylic acid groups (broad SMARTS) is 1. The van der Waals surface area contributed by atoms with E-state index in [2.05, 4.69) is 19.8 Å². The minimum Gasteiger partial charge on any atom is -0.543 e. The van der Waals surface area contributed by atoms with Crippen LogP contribution in [0.5, 0.6) is 0 Å². The van der Waals surface area contributed by atoms with E-state index in [1.165, 1.54) is 11.8 Å². The zero-order valence-electron chi connectivity index (χ0n) is 19.9. The van der Waals surface area contributed by atoms with Crippen molar-refractivity contribution in [2.45, 2.75) is 24.9 Å². The minimum atomic E-state index is -1.51. The van der Waals surface area contributed by atoms with Crippen molar-refractivity contribution in [3.05, 3.63) is 59.3 Å². The molecule has 0 saturated carbocycles. The first kappa shape index (κ1) is 26.7. The summed E-state index contributed by atoms with van der Waals surface area (Å²) in [5.74, 6) is -3.22. The maximum absolute atomic E-state index is 12.9. The second-order valence-electron chi connectivity index (χ2n) is 7.89. The van der Waals surface area contributed by atoms with Gasteiger partial charge in [-0.25, -0.2) is 4.57 Å². The summed E-state index contributed by atoms with van der Waals surface area (Å²) in [6, 6.07) is 2.13. The van der Waals surface area contributed by atoms with Crippen LogP contribution < -0.4 is 26.5 Å². The molecule has 2 aromatic rings. The predicted octanol–water partition coefficient (Wildman–Crippen LogP) is -2.09. The van der Waals surface area contributed by atoms with Crippen molar-refractivity contribution >= 4 is 57.8 Å². The summed E-state index contributed by atoms with van der Waals surface area (Å²) in [6.07, 6.45) is 6.65. The van der Waals surface area contributed by atoms with Gasteiger partial charge in [0.1, 0.15) is 18.0 Å². The molecule has 3 amide bonds. The maximum Gasteiger partial charge on any atom is 0.278 e. The van der Waals surface area contributed by atoms with E-state index in [4.69, 9.17) is 16.3 Å². The van der Waals surface area contributed by atoms with E-state index >= 15 is 0 Å². The van der Waals surface area contributed by atoms with E-state index in [1.54, 1.807) is 48.2 Å². The van der Waals surface area contributed by atoms with Crippen LogP contribution in [0.4, 0.5) is 5.13 Å². The van der Waals surface area contributed by atoms with E-state index in [0.29, 0.717) is 17.7 Å². The Morgan fingerprint density at radius 2 is 2.11 bits per heavy atom. The number of carbonyl (C=O) groups is 4. The number of hydrogen-bond donors (Lipinski definition) is 3. The number of nitrogens with zero attached hydrogens (tertiary/aromatic N) is 5. The van der Waals surface area contributed by atoms with Crippen LogP contribution in [0.2, 0.25) is 0 Å². The highest BCUT2D eigenvalue weighted by atomic mass is 32.2. The van der Waals surface area contributed by atoms with Crippen LogP contribution in [-0.4, -0.2) is 67.4 Å². The van der Waals surface area contributed by atoms with Gasteiger partial charge in [0, 0.05) is 29.4 Å². The molecule has 2 aliphatic heterocycles. The van der Waals surface area contributed by atoms with Crippen LogP contribution >= 0.6 is 23.3 Å². The van der Waals surface area contributed by atoms with Gasteiger partial charge < -0.3 is 31.5 Å². The number of hydrogen-bond acceptors (Lipinski definition) is 12. The van der Waals surface area contributed by atoms with Gasteiger partial charge in [-0.3, -0.25) is 19.3 Å². The highest BCUT2D eigenvalue weighted by Gasteiger charge is 2.53. The van der Waals surface area contributed by atoms with E-state index in [-0.39, 0.29) is 34.7 Å². The van der Waals surface area contributed by atoms with Crippen LogP contribution in [-0.2, 0) is 25.8 Å². The molecular weight excluding hydrogens is 536 g/mol. The van der Waals surface area contributed by atoms with Crippen molar-refractivity contribution in [1.29, 1.82) is 0 Å². The molecule has 4 rings (SSSR count). The summed E-state index contributed by atoms with van der Waals surface area (Å²) in [5, 5.41) is 17.7. The highest BCUT2D eigenvalue weighted by molar-refractivity contribution is 8.00. The third kappa shape index (κ3) is 5.50. The van der Waals surface area contributed by atoms with Gasteiger partial charge in [-0.15, -0.1) is 11.8 Å². The number of amides is 3. The van der Waals surface area contributed by atoms with Gasteiger partial charge in [-0.1, -0.05) is 11.2 Å². The van der Waals surface area contributed by atoms with Crippen molar-refractivity contribution < 1.29 is 33.7 Å². The molecule has 38 heavy (non-hydrogen) atoms. The molecule has 14 nitrogen and oxygen atoms in total. The van der Waals surface area contributed by atoms with Gasteiger partial charge >= 0.3 is 0 Å². The van der Waals surface area contributed by atoms with Crippen LogP contribution in [0.15, 0.2) is 53.1 Å². The predicted molar refractivity (Wildman–Crippen MR) is 134 cm³/mol. The van der Waals surface area contributed by atoms with Gasteiger partial charge in [0.25, 0.3) is 11.8 Å². The lowest BCUT2D eigenvalue weighted by Gasteiger charge is -2.50. The molecule has 1 unspecified atom stereocenters. The normalized spacial score (nSPS) is 19.2. The largest absolute Gasteiger partial charge is 0.543 e. The molecule has 0 radical (unpaired) electrons. The fourth-order valence-electron chi connectivity index (χ4n) is 3.67. The Labute approximate surface area is 224 Å². The number of pyridine rings is 1. The minimum absolute atomic E-state index is 0.0525. The zero-order chi connectivity index (χ0) is 27.4. The first-order valence-corrected chi connectivity index (χ1v) is 13.0. The number of rotatable bonds is 10. The smallest absolute Gasteiger partial charge is 0.278 e. The van der Waals surface area contributed by atoms with Gasteiger partial charge in [-0.05, 0) is 18.6 Å². The summed E-state index contributed by atoms with van der Waals surface area (Å²) in [5.41, 5.74) is 11.1. The molecule has 4 heterocycles. The SMILES string of the molecule is CCON=C(C(=O)NC1C(=O)N2C(C(=O)[O-])=C(C=CC[n+]3ccc(C(N)=O)cc3)CS[C@@H]12)c1nsc(N)n1. The number of carboxylic acids is 1. The van der Waals surface area contributed by atoms with E-state index < -0.39 is 35.1 Å². The van der Waals surface area contributed by atoms with Gasteiger partial charge in [-0.2, -0.15) is 9.36 Å². The Morgan fingerprint density at radius 3 is 2.71 bits per heavy atom. The van der Waals surface area contributed by atoms with Crippen molar-refractivity contribution in [1.82, 2.24) is 19.6 Å². The number of aliphatic carboxylic acids is 1. The number of oxime groups is 1. The molecule has 2 aromatic heterocycles. The quantitative estimate of drug-likeness (QED) is 0.125. The number of allylic oxidation sites excluding steroid dienone is 2. The lowest BCUT2D eigenvalue weighted by Crippen LogP contribution is -2.71. The molecule has 0 bridgehead atoms. The molecule has 0 spiro atoms. The summed E-state index contributed by atoms with van der Waals surface area (Å²) < 4.78 is 5.72. The zero-order valence-corrected chi connectivity index (χ0v) is 21.5. The monoisotopic (exact) mass is 558 g/mol.